The molecule has 1 nitrogen and oxygen atoms in total. The van der Waals surface area contributed by atoms with E-state index in [0.29, 0.717) is 11.1 Å². The Hall–Kier alpha value is -3.30. The van der Waals surface area contributed by atoms with Crippen LogP contribution in [0.4, 0.5) is 8.78 Å². The van der Waals surface area contributed by atoms with Crippen LogP contribution in [0.15, 0.2) is 97.1 Å². The Balaban J connectivity index is 1.84. The molecule has 0 saturated heterocycles. The first kappa shape index (κ1) is 21.0. The van der Waals surface area contributed by atoms with E-state index < -0.39 is 12.2 Å². The van der Waals surface area contributed by atoms with E-state index in [0.717, 1.165) is 22.3 Å². The summed E-state index contributed by atoms with van der Waals surface area (Å²) < 4.78 is 34.9. The van der Waals surface area contributed by atoms with Gasteiger partial charge in [-0.05, 0) is 60.4 Å². The fourth-order valence-electron chi connectivity index (χ4n) is 3.84. The lowest BCUT2D eigenvalue weighted by atomic mass is 9.96. The molecular weight excluding hydrogens is 390 g/mol. The van der Waals surface area contributed by atoms with E-state index in [2.05, 4.69) is 0 Å². The third kappa shape index (κ3) is 5.07. The number of hydrogen-bond acceptors (Lipinski definition) is 1. The minimum absolute atomic E-state index is 0.323. The van der Waals surface area contributed by atoms with E-state index in [1.54, 1.807) is 12.1 Å². The topological polar surface area (TPSA) is 9.23 Å². The van der Waals surface area contributed by atoms with E-state index in [1.165, 1.54) is 24.3 Å². The molecule has 0 aliphatic heterocycles. The molecule has 0 spiro atoms. The van der Waals surface area contributed by atoms with E-state index in [1.807, 2.05) is 74.5 Å². The van der Waals surface area contributed by atoms with Gasteiger partial charge in [-0.2, -0.15) is 0 Å². The van der Waals surface area contributed by atoms with Gasteiger partial charge in [0.15, 0.2) is 0 Å². The average Bonchev–Trinajstić information content (AvgIpc) is 2.74. The molecule has 4 aromatic carbocycles. The molecule has 0 heterocycles. The van der Waals surface area contributed by atoms with E-state index >= 15 is 0 Å². The molecule has 0 N–H and O–H groups in total. The second-order valence-electron chi connectivity index (χ2n) is 7.83. The molecule has 4 rings (SSSR count). The van der Waals surface area contributed by atoms with Crippen molar-refractivity contribution in [2.75, 3.05) is 0 Å². The highest BCUT2D eigenvalue weighted by Gasteiger charge is 2.24. The zero-order valence-corrected chi connectivity index (χ0v) is 17.6. The Morgan fingerprint density at radius 2 is 0.871 bits per heavy atom. The van der Waals surface area contributed by atoms with Crippen LogP contribution in [0, 0.1) is 25.5 Å². The number of hydrogen-bond donors (Lipinski definition) is 0. The Kier molecular flexibility index (Phi) is 6.24. The van der Waals surface area contributed by atoms with Crippen LogP contribution in [0.1, 0.15) is 45.6 Å². The number of aryl methyl sites for hydroxylation is 2. The molecular formula is C28H24F2O. The van der Waals surface area contributed by atoms with Crippen LogP contribution < -0.4 is 0 Å². The minimum Gasteiger partial charge on any atom is -0.356 e. The molecule has 0 aliphatic rings. The van der Waals surface area contributed by atoms with Gasteiger partial charge in [-0.15, -0.1) is 0 Å². The van der Waals surface area contributed by atoms with Crippen LogP contribution in [0.25, 0.3) is 0 Å². The Morgan fingerprint density at radius 3 is 1.23 bits per heavy atom. The highest BCUT2D eigenvalue weighted by molar-refractivity contribution is 5.36. The largest absolute Gasteiger partial charge is 0.356 e. The number of benzene rings is 4. The van der Waals surface area contributed by atoms with Crippen LogP contribution in [-0.4, -0.2) is 0 Å². The SMILES string of the molecule is Cc1cccc(C(OC(c2cccc(C)c2)c2cccc(F)c2)c2cccc(F)c2)c1. The first-order valence-electron chi connectivity index (χ1n) is 10.3. The summed E-state index contributed by atoms with van der Waals surface area (Å²) in [6.45, 7) is 4.02. The van der Waals surface area contributed by atoms with Crippen molar-refractivity contribution >= 4 is 0 Å². The van der Waals surface area contributed by atoms with Crippen LogP contribution in [0.2, 0.25) is 0 Å². The van der Waals surface area contributed by atoms with E-state index in [-0.39, 0.29) is 11.6 Å². The maximum atomic E-state index is 14.1. The van der Waals surface area contributed by atoms with Gasteiger partial charge in [0.2, 0.25) is 0 Å². The minimum atomic E-state index is -0.524. The van der Waals surface area contributed by atoms with Gasteiger partial charge >= 0.3 is 0 Å². The molecule has 0 aliphatic carbocycles. The fourth-order valence-corrected chi connectivity index (χ4v) is 3.84. The average molecular weight is 414 g/mol. The molecule has 31 heavy (non-hydrogen) atoms. The molecule has 4 aromatic rings. The van der Waals surface area contributed by atoms with Crippen molar-refractivity contribution < 1.29 is 13.5 Å². The summed E-state index contributed by atoms with van der Waals surface area (Å²) in [6, 6.07) is 28.9. The predicted molar refractivity (Wildman–Crippen MR) is 120 cm³/mol. The molecule has 0 aromatic heterocycles. The van der Waals surface area contributed by atoms with Crippen molar-refractivity contribution in [3.63, 3.8) is 0 Å². The van der Waals surface area contributed by atoms with Crippen molar-refractivity contribution in [2.24, 2.45) is 0 Å². The molecule has 0 fully saturated rings. The first-order valence-corrected chi connectivity index (χ1v) is 10.3. The molecule has 2 atom stereocenters. The highest BCUT2D eigenvalue weighted by atomic mass is 19.1. The van der Waals surface area contributed by atoms with Gasteiger partial charge in [0.1, 0.15) is 23.8 Å². The van der Waals surface area contributed by atoms with E-state index in [4.69, 9.17) is 4.74 Å². The Labute approximate surface area is 182 Å². The summed E-state index contributed by atoms with van der Waals surface area (Å²) in [4.78, 5) is 0. The summed E-state index contributed by atoms with van der Waals surface area (Å²) in [5, 5.41) is 0. The van der Waals surface area contributed by atoms with Gasteiger partial charge < -0.3 is 4.74 Å². The zero-order chi connectivity index (χ0) is 21.8. The lowest BCUT2D eigenvalue weighted by Crippen LogP contribution is -2.14. The van der Waals surface area contributed by atoms with Crippen molar-refractivity contribution in [3.05, 3.63) is 142 Å². The second-order valence-corrected chi connectivity index (χ2v) is 7.83. The lowest BCUT2D eigenvalue weighted by molar-refractivity contribution is 0.0305. The third-order valence-electron chi connectivity index (χ3n) is 5.26. The molecule has 2 unspecified atom stereocenters. The predicted octanol–water partition coefficient (Wildman–Crippen LogP) is 7.48. The van der Waals surface area contributed by atoms with Crippen molar-refractivity contribution in [1.29, 1.82) is 0 Å². The van der Waals surface area contributed by atoms with Gasteiger partial charge in [-0.1, -0.05) is 83.9 Å². The summed E-state index contributed by atoms with van der Waals surface area (Å²) in [5.74, 6) is -0.645. The van der Waals surface area contributed by atoms with Crippen molar-refractivity contribution in [3.8, 4) is 0 Å². The van der Waals surface area contributed by atoms with Gasteiger partial charge in [-0.25, -0.2) is 8.78 Å². The fraction of sp³-hybridized carbons (Fsp3) is 0.143. The molecule has 0 bridgehead atoms. The number of ether oxygens (including phenoxy) is 1. The van der Waals surface area contributed by atoms with Gasteiger partial charge in [0.05, 0.1) is 0 Å². The van der Waals surface area contributed by atoms with Crippen LogP contribution in [0.3, 0.4) is 0 Å². The monoisotopic (exact) mass is 414 g/mol. The summed E-state index contributed by atoms with van der Waals surface area (Å²) in [5.41, 5.74) is 5.42. The smallest absolute Gasteiger partial charge is 0.123 e. The number of halogens is 2. The molecule has 3 heteroatoms. The summed E-state index contributed by atoms with van der Waals surface area (Å²) in [6.07, 6.45) is -1.05. The Bertz CT molecular complexity index is 1000. The standard InChI is InChI=1S/C28H24F2O/c1-19-7-3-9-21(15-19)27(23-11-5-13-25(29)17-23)31-28(22-10-4-8-20(2)16-22)24-12-6-14-26(30)18-24/h3-18,27-28H,1-2H3. The molecule has 0 radical (unpaired) electrons. The molecule has 156 valence electrons. The quantitative estimate of drug-likeness (QED) is 0.318. The zero-order valence-electron chi connectivity index (χ0n) is 17.6. The highest BCUT2D eigenvalue weighted by Crippen LogP contribution is 2.36. The van der Waals surface area contributed by atoms with Gasteiger partial charge in [0.25, 0.3) is 0 Å². The Morgan fingerprint density at radius 1 is 0.516 bits per heavy atom. The van der Waals surface area contributed by atoms with Crippen molar-refractivity contribution in [1.82, 2.24) is 0 Å². The molecule has 0 amide bonds. The summed E-state index contributed by atoms with van der Waals surface area (Å²) >= 11 is 0. The second kappa shape index (κ2) is 9.23. The van der Waals surface area contributed by atoms with Gasteiger partial charge in [0, 0.05) is 0 Å². The third-order valence-corrected chi connectivity index (χ3v) is 5.26. The maximum absolute atomic E-state index is 14.1. The van der Waals surface area contributed by atoms with Crippen LogP contribution in [-0.2, 0) is 4.74 Å². The lowest BCUT2D eigenvalue weighted by Gasteiger charge is -2.27. The first-order chi connectivity index (χ1) is 15.0. The van der Waals surface area contributed by atoms with Crippen molar-refractivity contribution in [2.45, 2.75) is 26.1 Å². The van der Waals surface area contributed by atoms with Crippen LogP contribution in [0.5, 0.6) is 0 Å². The number of rotatable bonds is 6. The van der Waals surface area contributed by atoms with Gasteiger partial charge in [-0.3, -0.25) is 0 Å². The van der Waals surface area contributed by atoms with Crippen LogP contribution >= 0.6 is 0 Å². The summed E-state index contributed by atoms with van der Waals surface area (Å²) in [7, 11) is 0. The normalized spacial score (nSPS) is 13.0. The maximum Gasteiger partial charge on any atom is 0.123 e. The van der Waals surface area contributed by atoms with E-state index in [9.17, 15) is 8.78 Å². The molecule has 0 saturated carbocycles.